The molecule has 0 saturated carbocycles. The van der Waals surface area contributed by atoms with Gasteiger partial charge in [0, 0.05) is 5.92 Å². The average Bonchev–Trinajstić information content (AvgIpc) is 2.24. The van der Waals surface area contributed by atoms with Crippen molar-refractivity contribution in [1.82, 2.24) is 0 Å². The van der Waals surface area contributed by atoms with Crippen molar-refractivity contribution >= 4 is 0 Å². The predicted octanol–water partition coefficient (Wildman–Crippen LogP) is 2.45. The largest absolute Gasteiger partial charge is 0.385 e. The normalized spacial score (nSPS) is 42.8. The quantitative estimate of drug-likeness (QED) is 0.562. The Hall–Kier alpha value is -0.820. The van der Waals surface area contributed by atoms with E-state index in [0.29, 0.717) is 5.92 Å². The van der Waals surface area contributed by atoms with E-state index in [1.807, 2.05) is 19.1 Å². The summed E-state index contributed by atoms with van der Waals surface area (Å²) in [6.07, 6.45) is 11.5. The third kappa shape index (κ3) is 1.49. The Morgan fingerprint density at radius 1 is 1.38 bits per heavy atom. The summed E-state index contributed by atoms with van der Waals surface area (Å²) in [6.45, 7) is 4.00. The Morgan fingerprint density at radius 2 is 2.08 bits per heavy atom. The third-order valence-corrected chi connectivity index (χ3v) is 3.16. The number of hydrogen-bond acceptors (Lipinski definition) is 1. The van der Waals surface area contributed by atoms with Crippen LogP contribution in [0.4, 0.5) is 0 Å². The average molecular weight is 176 g/mol. The lowest BCUT2D eigenvalue weighted by Crippen LogP contribution is -2.36. The number of allylic oxidation sites excluding steroid dienone is 4. The highest BCUT2D eigenvalue weighted by molar-refractivity contribution is 5.28. The fourth-order valence-electron chi connectivity index (χ4n) is 2.27. The van der Waals surface area contributed by atoms with Gasteiger partial charge in [0.05, 0.1) is 5.60 Å². The van der Waals surface area contributed by atoms with Crippen molar-refractivity contribution in [2.75, 3.05) is 0 Å². The van der Waals surface area contributed by atoms with Gasteiger partial charge in [0.15, 0.2) is 0 Å². The van der Waals surface area contributed by atoms with Gasteiger partial charge >= 0.3 is 0 Å². The van der Waals surface area contributed by atoms with E-state index in [9.17, 15) is 5.11 Å². The Morgan fingerprint density at radius 3 is 2.85 bits per heavy atom. The zero-order valence-corrected chi connectivity index (χ0v) is 8.20. The van der Waals surface area contributed by atoms with Gasteiger partial charge < -0.3 is 5.11 Å². The van der Waals surface area contributed by atoms with Crippen LogP contribution in [0.5, 0.6) is 0 Å². The molecule has 0 amide bonds. The van der Waals surface area contributed by atoms with Gasteiger partial charge in [-0.3, -0.25) is 0 Å². The number of fused-ring (bicyclic) bond motifs is 2. The summed E-state index contributed by atoms with van der Waals surface area (Å²) in [5, 5.41) is 10.1. The monoisotopic (exact) mass is 176 g/mol. The highest BCUT2D eigenvalue weighted by Crippen LogP contribution is 2.38. The molecule has 13 heavy (non-hydrogen) atoms. The molecule has 3 unspecified atom stereocenters. The molecule has 0 aromatic carbocycles. The van der Waals surface area contributed by atoms with E-state index in [4.69, 9.17) is 0 Å². The van der Waals surface area contributed by atoms with Crippen LogP contribution in [-0.2, 0) is 0 Å². The molecular formula is C12H16O. The molecule has 70 valence electrons. The van der Waals surface area contributed by atoms with Crippen LogP contribution in [0.2, 0.25) is 0 Å². The van der Waals surface area contributed by atoms with Crippen molar-refractivity contribution in [1.29, 1.82) is 0 Å². The van der Waals surface area contributed by atoms with Crippen LogP contribution in [0.25, 0.3) is 0 Å². The SMILES string of the molecule is CC1=CC(C)(O)C2C=CC=CC1C2. The molecule has 2 aliphatic rings. The van der Waals surface area contributed by atoms with Crippen LogP contribution < -0.4 is 0 Å². The highest BCUT2D eigenvalue weighted by atomic mass is 16.3. The van der Waals surface area contributed by atoms with E-state index in [2.05, 4.69) is 25.2 Å². The van der Waals surface area contributed by atoms with Crippen molar-refractivity contribution in [3.8, 4) is 0 Å². The highest BCUT2D eigenvalue weighted by Gasteiger charge is 2.34. The molecule has 2 aliphatic carbocycles. The maximum atomic E-state index is 10.1. The minimum atomic E-state index is -0.650. The van der Waals surface area contributed by atoms with Gasteiger partial charge in [-0.1, -0.05) is 36.0 Å². The molecule has 1 N–H and O–H groups in total. The molecule has 1 heteroatoms. The van der Waals surface area contributed by atoms with Crippen molar-refractivity contribution in [3.63, 3.8) is 0 Å². The molecule has 1 nitrogen and oxygen atoms in total. The standard InChI is InChI=1S/C12H16O/c1-9-8-12(2,13)11-6-4-3-5-10(9)7-11/h3-6,8,10-11,13H,7H2,1-2H3. The summed E-state index contributed by atoms with van der Waals surface area (Å²) in [7, 11) is 0. The summed E-state index contributed by atoms with van der Waals surface area (Å²) >= 11 is 0. The van der Waals surface area contributed by atoms with Gasteiger partial charge in [-0.25, -0.2) is 0 Å². The zero-order chi connectivity index (χ0) is 9.47. The van der Waals surface area contributed by atoms with E-state index in [-0.39, 0.29) is 5.92 Å². The van der Waals surface area contributed by atoms with E-state index in [0.717, 1.165) is 6.42 Å². The summed E-state index contributed by atoms with van der Waals surface area (Å²) < 4.78 is 0. The van der Waals surface area contributed by atoms with E-state index in [1.165, 1.54) is 5.57 Å². The van der Waals surface area contributed by atoms with Crippen LogP contribution in [0, 0.1) is 11.8 Å². The molecule has 0 fully saturated rings. The number of aliphatic hydroxyl groups is 1. The molecule has 0 aromatic heterocycles. The van der Waals surface area contributed by atoms with Gasteiger partial charge in [-0.2, -0.15) is 0 Å². The minimum absolute atomic E-state index is 0.274. The maximum Gasteiger partial charge on any atom is 0.0865 e. The van der Waals surface area contributed by atoms with Crippen molar-refractivity contribution in [2.24, 2.45) is 11.8 Å². The molecule has 2 rings (SSSR count). The van der Waals surface area contributed by atoms with Crippen LogP contribution in [0.1, 0.15) is 20.3 Å². The van der Waals surface area contributed by atoms with Crippen molar-refractivity contribution in [2.45, 2.75) is 25.9 Å². The first-order valence-electron chi connectivity index (χ1n) is 4.86. The van der Waals surface area contributed by atoms with Crippen LogP contribution in [0.3, 0.4) is 0 Å². The van der Waals surface area contributed by atoms with Crippen molar-refractivity contribution in [3.05, 3.63) is 36.0 Å². The smallest absolute Gasteiger partial charge is 0.0865 e. The lowest BCUT2D eigenvalue weighted by Gasteiger charge is -2.35. The second-order valence-electron chi connectivity index (χ2n) is 4.33. The molecule has 0 aliphatic heterocycles. The summed E-state index contributed by atoms with van der Waals surface area (Å²) in [4.78, 5) is 0. The lowest BCUT2D eigenvalue weighted by atomic mass is 9.74. The summed E-state index contributed by atoms with van der Waals surface area (Å²) in [6, 6.07) is 0. The molecule has 0 aromatic rings. The Kier molecular flexibility index (Phi) is 1.92. The fraction of sp³-hybridized carbons (Fsp3) is 0.500. The second kappa shape index (κ2) is 2.85. The Bertz CT molecular complexity index is 294. The first-order chi connectivity index (χ1) is 6.09. The maximum absolute atomic E-state index is 10.1. The number of rotatable bonds is 0. The summed E-state index contributed by atoms with van der Waals surface area (Å²) in [5.74, 6) is 0.802. The van der Waals surface area contributed by atoms with E-state index >= 15 is 0 Å². The van der Waals surface area contributed by atoms with Crippen LogP contribution in [0.15, 0.2) is 36.0 Å². The first-order valence-corrected chi connectivity index (χ1v) is 4.86. The van der Waals surface area contributed by atoms with Crippen LogP contribution in [-0.4, -0.2) is 10.7 Å². The molecular weight excluding hydrogens is 160 g/mol. The molecule has 3 atom stereocenters. The lowest BCUT2D eigenvalue weighted by molar-refractivity contribution is 0.0516. The van der Waals surface area contributed by atoms with Crippen LogP contribution >= 0.6 is 0 Å². The summed E-state index contributed by atoms with van der Waals surface area (Å²) in [5.41, 5.74) is 0.643. The Balaban J connectivity index is 2.41. The Labute approximate surface area is 79.5 Å². The molecule has 0 spiro atoms. The molecule has 0 saturated heterocycles. The first kappa shape index (κ1) is 8.76. The van der Waals surface area contributed by atoms with Gasteiger partial charge in [-0.15, -0.1) is 0 Å². The van der Waals surface area contributed by atoms with Crippen molar-refractivity contribution < 1.29 is 5.11 Å². The van der Waals surface area contributed by atoms with Gasteiger partial charge in [0.2, 0.25) is 0 Å². The third-order valence-electron chi connectivity index (χ3n) is 3.16. The van der Waals surface area contributed by atoms with Gasteiger partial charge in [0.25, 0.3) is 0 Å². The zero-order valence-electron chi connectivity index (χ0n) is 8.20. The fourth-order valence-corrected chi connectivity index (χ4v) is 2.27. The van der Waals surface area contributed by atoms with Gasteiger partial charge in [-0.05, 0) is 26.2 Å². The number of hydrogen-bond donors (Lipinski definition) is 1. The van der Waals surface area contributed by atoms with Gasteiger partial charge in [0.1, 0.15) is 0 Å². The molecule has 0 radical (unpaired) electrons. The van der Waals surface area contributed by atoms with E-state index < -0.39 is 5.60 Å². The molecule has 0 heterocycles. The second-order valence-corrected chi connectivity index (χ2v) is 4.33. The molecule has 2 bridgehead atoms. The topological polar surface area (TPSA) is 20.2 Å². The minimum Gasteiger partial charge on any atom is -0.385 e. The predicted molar refractivity (Wildman–Crippen MR) is 54.3 cm³/mol. The van der Waals surface area contributed by atoms with E-state index in [1.54, 1.807) is 0 Å².